The highest BCUT2D eigenvalue weighted by molar-refractivity contribution is 9.09. The third-order valence-electron chi connectivity index (χ3n) is 3.37. The Bertz CT molecular complexity index is 658. The van der Waals surface area contributed by atoms with Gasteiger partial charge in [-0.2, -0.15) is 13.2 Å². The number of hydrogen-bond donors (Lipinski definition) is 1. The van der Waals surface area contributed by atoms with Crippen LogP contribution in [0, 0.1) is 0 Å². The lowest BCUT2D eigenvalue weighted by atomic mass is 10.0. The summed E-state index contributed by atoms with van der Waals surface area (Å²) in [5, 5.41) is 3.75. The fraction of sp³-hybridized carbons (Fsp3) is 0.294. The van der Waals surface area contributed by atoms with E-state index in [0.717, 1.165) is 17.7 Å². The van der Waals surface area contributed by atoms with E-state index in [9.17, 15) is 13.2 Å². The Balaban J connectivity index is 2.30. The molecule has 23 heavy (non-hydrogen) atoms. The van der Waals surface area contributed by atoms with Crippen LogP contribution < -0.4 is 5.32 Å². The Morgan fingerprint density at radius 2 is 1.83 bits per heavy atom. The molecule has 1 N–H and O–H groups in total. The van der Waals surface area contributed by atoms with Crippen LogP contribution in [0.2, 0.25) is 5.02 Å². The summed E-state index contributed by atoms with van der Waals surface area (Å²) >= 11 is 9.73. The van der Waals surface area contributed by atoms with Gasteiger partial charge in [-0.3, -0.25) is 0 Å². The highest BCUT2D eigenvalue weighted by Crippen LogP contribution is 2.34. The fourth-order valence-electron chi connectivity index (χ4n) is 2.33. The van der Waals surface area contributed by atoms with Crippen LogP contribution in [0.25, 0.3) is 0 Å². The number of benzene rings is 2. The van der Waals surface area contributed by atoms with E-state index in [0.29, 0.717) is 17.1 Å². The SMILES string of the molecule is CC(Br)CC(Nc1cccc(C(F)(F)F)c1)c1ccccc1Cl. The number of hydrogen-bond acceptors (Lipinski definition) is 1. The van der Waals surface area contributed by atoms with E-state index in [1.807, 2.05) is 25.1 Å². The number of rotatable bonds is 5. The predicted octanol–water partition coefficient (Wildman–Crippen LogP) is 6.69. The van der Waals surface area contributed by atoms with Crippen LogP contribution in [0.15, 0.2) is 48.5 Å². The molecule has 2 unspecified atom stereocenters. The summed E-state index contributed by atoms with van der Waals surface area (Å²) in [6.45, 7) is 1.98. The van der Waals surface area contributed by atoms with E-state index in [1.54, 1.807) is 12.1 Å². The summed E-state index contributed by atoms with van der Waals surface area (Å²) in [4.78, 5) is 0.182. The van der Waals surface area contributed by atoms with Crippen molar-refractivity contribution in [2.75, 3.05) is 5.32 Å². The van der Waals surface area contributed by atoms with Gasteiger partial charge in [-0.15, -0.1) is 0 Å². The number of nitrogens with one attached hydrogen (secondary N) is 1. The lowest BCUT2D eigenvalue weighted by Gasteiger charge is -2.23. The summed E-state index contributed by atoms with van der Waals surface area (Å²) in [5.41, 5.74) is 0.600. The highest BCUT2D eigenvalue weighted by atomic mass is 79.9. The zero-order chi connectivity index (χ0) is 17.0. The quantitative estimate of drug-likeness (QED) is 0.546. The van der Waals surface area contributed by atoms with Crippen LogP contribution in [-0.2, 0) is 6.18 Å². The van der Waals surface area contributed by atoms with Gasteiger partial charge in [0.15, 0.2) is 0 Å². The highest BCUT2D eigenvalue weighted by Gasteiger charge is 2.30. The van der Waals surface area contributed by atoms with Gasteiger partial charge < -0.3 is 5.32 Å². The first-order chi connectivity index (χ1) is 10.8. The van der Waals surface area contributed by atoms with Crippen LogP contribution in [-0.4, -0.2) is 4.83 Å². The maximum Gasteiger partial charge on any atom is 0.416 e. The molecule has 0 aromatic heterocycles. The van der Waals surface area contributed by atoms with Crippen molar-refractivity contribution in [3.8, 4) is 0 Å². The minimum absolute atomic E-state index is 0.182. The monoisotopic (exact) mass is 405 g/mol. The molecule has 0 aliphatic rings. The Hall–Kier alpha value is -1.20. The zero-order valence-corrected chi connectivity index (χ0v) is 14.7. The maximum absolute atomic E-state index is 12.8. The van der Waals surface area contributed by atoms with E-state index in [2.05, 4.69) is 21.2 Å². The van der Waals surface area contributed by atoms with Gasteiger partial charge >= 0.3 is 6.18 Å². The minimum Gasteiger partial charge on any atom is -0.378 e. The molecule has 0 aliphatic carbocycles. The summed E-state index contributed by atoms with van der Waals surface area (Å²) < 4.78 is 38.5. The molecular formula is C17H16BrClF3N. The maximum atomic E-state index is 12.8. The normalized spacial score (nSPS) is 14.3. The van der Waals surface area contributed by atoms with Gasteiger partial charge in [0.1, 0.15) is 0 Å². The number of anilines is 1. The van der Waals surface area contributed by atoms with Crippen molar-refractivity contribution in [1.29, 1.82) is 0 Å². The largest absolute Gasteiger partial charge is 0.416 e. The lowest BCUT2D eigenvalue weighted by Crippen LogP contribution is -2.15. The van der Waals surface area contributed by atoms with E-state index >= 15 is 0 Å². The first kappa shape index (κ1) is 18.1. The van der Waals surface area contributed by atoms with Crippen LogP contribution in [0.3, 0.4) is 0 Å². The molecule has 1 nitrogen and oxygen atoms in total. The topological polar surface area (TPSA) is 12.0 Å². The van der Waals surface area contributed by atoms with Gasteiger partial charge in [-0.25, -0.2) is 0 Å². The third kappa shape index (κ3) is 5.15. The van der Waals surface area contributed by atoms with Gasteiger partial charge in [-0.05, 0) is 36.2 Å². The molecule has 6 heteroatoms. The summed E-state index contributed by atoms with van der Waals surface area (Å²) in [6, 6.07) is 12.3. The van der Waals surface area contributed by atoms with Crippen molar-refractivity contribution in [3.63, 3.8) is 0 Å². The van der Waals surface area contributed by atoms with E-state index in [1.165, 1.54) is 6.07 Å². The van der Waals surface area contributed by atoms with E-state index < -0.39 is 11.7 Å². The molecule has 0 radical (unpaired) electrons. The smallest absolute Gasteiger partial charge is 0.378 e. The molecule has 2 atom stereocenters. The van der Waals surface area contributed by atoms with Crippen molar-refractivity contribution < 1.29 is 13.2 Å². The minimum atomic E-state index is -4.36. The molecule has 0 spiro atoms. The number of halogens is 5. The first-order valence-corrected chi connectivity index (χ1v) is 8.39. The molecule has 0 saturated carbocycles. The first-order valence-electron chi connectivity index (χ1n) is 7.09. The van der Waals surface area contributed by atoms with Crippen molar-refractivity contribution in [2.24, 2.45) is 0 Å². The molecule has 0 fully saturated rings. The summed E-state index contributed by atoms with van der Waals surface area (Å²) in [6.07, 6.45) is -3.68. The van der Waals surface area contributed by atoms with Crippen LogP contribution in [0.4, 0.5) is 18.9 Å². The average Bonchev–Trinajstić information content (AvgIpc) is 2.46. The molecule has 0 saturated heterocycles. The van der Waals surface area contributed by atoms with Crippen molar-refractivity contribution in [2.45, 2.75) is 30.4 Å². The molecule has 2 aromatic rings. The van der Waals surface area contributed by atoms with Crippen LogP contribution >= 0.6 is 27.5 Å². The van der Waals surface area contributed by atoms with Gasteiger partial charge in [0, 0.05) is 15.5 Å². The van der Waals surface area contributed by atoms with Gasteiger partial charge in [0.25, 0.3) is 0 Å². The Morgan fingerprint density at radius 3 is 2.43 bits per heavy atom. The zero-order valence-electron chi connectivity index (χ0n) is 12.4. The summed E-state index contributed by atoms with van der Waals surface area (Å²) in [5.74, 6) is 0. The fourth-order valence-corrected chi connectivity index (χ4v) is 2.97. The number of alkyl halides is 4. The van der Waals surface area contributed by atoms with Gasteiger partial charge in [-0.1, -0.05) is 58.7 Å². The molecule has 0 heterocycles. The van der Waals surface area contributed by atoms with Crippen LogP contribution in [0.1, 0.15) is 30.5 Å². The van der Waals surface area contributed by atoms with E-state index in [4.69, 9.17) is 11.6 Å². The molecule has 0 amide bonds. The second kappa shape index (κ2) is 7.58. The average molecular weight is 407 g/mol. The molecule has 2 aromatic carbocycles. The molecular weight excluding hydrogens is 391 g/mol. The second-order valence-corrected chi connectivity index (χ2v) is 7.28. The standard InChI is InChI=1S/C17H16BrClF3N/c1-11(18)9-16(14-7-2-3-8-15(14)19)23-13-6-4-5-12(10-13)17(20,21)22/h2-8,10-11,16,23H,9H2,1H3. The van der Waals surface area contributed by atoms with Crippen LogP contribution in [0.5, 0.6) is 0 Å². The Kier molecular flexibility index (Phi) is 5.98. The van der Waals surface area contributed by atoms with Crippen molar-refractivity contribution in [1.82, 2.24) is 0 Å². The van der Waals surface area contributed by atoms with Crippen molar-refractivity contribution in [3.05, 3.63) is 64.7 Å². The molecule has 2 rings (SSSR count). The molecule has 124 valence electrons. The lowest BCUT2D eigenvalue weighted by molar-refractivity contribution is -0.137. The Morgan fingerprint density at radius 1 is 1.13 bits per heavy atom. The second-order valence-electron chi connectivity index (χ2n) is 5.31. The van der Waals surface area contributed by atoms with Gasteiger partial charge in [0.2, 0.25) is 0 Å². The molecule has 0 bridgehead atoms. The summed E-state index contributed by atoms with van der Waals surface area (Å²) in [7, 11) is 0. The van der Waals surface area contributed by atoms with Crippen molar-refractivity contribution >= 4 is 33.2 Å². The van der Waals surface area contributed by atoms with E-state index in [-0.39, 0.29) is 10.9 Å². The van der Waals surface area contributed by atoms with Gasteiger partial charge in [0.05, 0.1) is 11.6 Å². The third-order valence-corrected chi connectivity index (χ3v) is 4.09. The predicted molar refractivity (Wildman–Crippen MR) is 92.3 cm³/mol. The molecule has 0 aliphatic heterocycles. The Labute approximate surface area is 147 Å².